The molecule has 2 N–H and O–H groups in total. The average molecular weight is 283 g/mol. The van der Waals surface area contributed by atoms with Gasteiger partial charge in [0.1, 0.15) is 0 Å². The number of nitrogens with two attached hydrogens (primary N) is 1. The van der Waals surface area contributed by atoms with Crippen molar-refractivity contribution in [2.45, 2.75) is 25.7 Å². The maximum Gasteiger partial charge on any atom is 0.303 e. The normalized spacial score (nSPS) is 17.9. The van der Waals surface area contributed by atoms with Crippen molar-refractivity contribution in [2.75, 3.05) is 30.2 Å². The molecule has 0 spiro atoms. The highest BCUT2D eigenvalue weighted by Crippen LogP contribution is 2.22. The molecule has 0 radical (unpaired) electrons. The molecule has 1 fully saturated rings. The Labute approximate surface area is 115 Å². The molecule has 5 nitrogen and oxygen atoms in total. The summed E-state index contributed by atoms with van der Waals surface area (Å²) in [5, 5.41) is 0. The van der Waals surface area contributed by atoms with E-state index in [0.29, 0.717) is 24.5 Å². The second-order valence-electron chi connectivity index (χ2n) is 4.88. The molecule has 0 atom stereocenters. The first-order valence-corrected chi connectivity index (χ1v) is 8.01. The summed E-state index contributed by atoms with van der Waals surface area (Å²) >= 11 is 0. The molecule has 1 aromatic carbocycles. The molecular weight excluding hydrogens is 262 g/mol. The van der Waals surface area contributed by atoms with Crippen LogP contribution in [0.5, 0.6) is 0 Å². The molecule has 1 aliphatic rings. The van der Waals surface area contributed by atoms with Gasteiger partial charge in [-0.05, 0) is 37.1 Å². The van der Waals surface area contributed by atoms with Crippen LogP contribution in [0, 0.1) is 0 Å². The van der Waals surface area contributed by atoms with E-state index in [4.69, 9.17) is 5.73 Å². The van der Waals surface area contributed by atoms with E-state index in [0.717, 1.165) is 25.7 Å². The first kappa shape index (κ1) is 14.1. The van der Waals surface area contributed by atoms with E-state index in [-0.39, 0.29) is 0 Å². The van der Waals surface area contributed by atoms with Crippen LogP contribution in [0.3, 0.4) is 0 Å². The molecule has 0 saturated carbocycles. The van der Waals surface area contributed by atoms with Crippen molar-refractivity contribution in [1.82, 2.24) is 4.31 Å². The Morgan fingerprint density at radius 3 is 2.11 bits per heavy atom. The van der Waals surface area contributed by atoms with Gasteiger partial charge < -0.3 is 5.73 Å². The smallest absolute Gasteiger partial charge is 0.303 e. The van der Waals surface area contributed by atoms with Gasteiger partial charge >= 0.3 is 10.2 Å². The fourth-order valence-corrected chi connectivity index (χ4v) is 3.72. The lowest BCUT2D eigenvalue weighted by atomic mass is 10.2. The van der Waals surface area contributed by atoms with Gasteiger partial charge in [-0.15, -0.1) is 0 Å². The summed E-state index contributed by atoms with van der Waals surface area (Å²) in [4.78, 5) is 0. The van der Waals surface area contributed by atoms with E-state index in [1.165, 1.54) is 4.31 Å². The first-order valence-electron chi connectivity index (χ1n) is 6.61. The van der Waals surface area contributed by atoms with Gasteiger partial charge in [-0.3, -0.25) is 4.31 Å². The number of benzene rings is 1. The number of hydrogen-bond acceptors (Lipinski definition) is 3. The van der Waals surface area contributed by atoms with Crippen LogP contribution in [0.25, 0.3) is 0 Å². The summed E-state index contributed by atoms with van der Waals surface area (Å²) in [6.45, 7) is 1.23. The van der Waals surface area contributed by atoms with Crippen molar-refractivity contribution >= 4 is 21.6 Å². The summed E-state index contributed by atoms with van der Waals surface area (Å²) in [5.41, 5.74) is 6.89. The molecular formula is C13H21N3O2S. The summed E-state index contributed by atoms with van der Waals surface area (Å²) < 4.78 is 28.0. The van der Waals surface area contributed by atoms with E-state index in [9.17, 15) is 8.42 Å². The van der Waals surface area contributed by atoms with Gasteiger partial charge in [0, 0.05) is 25.8 Å². The van der Waals surface area contributed by atoms with E-state index < -0.39 is 10.2 Å². The summed E-state index contributed by atoms with van der Waals surface area (Å²) in [7, 11) is -1.84. The SMILES string of the molecule is CN(c1ccc(N)cc1)S(=O)(=O)N1CCCCCC1. The van der Waals surface area contributed by atoms with Crippen molar-refractivity contribution in [3.63, 3.8) is 0 Å². The second kappa shape index (κ2) is 5.79. The zero-order chi connectivity index (χ0) is 13.9. The third-order valence-electron chi connectivity index (χ3n) is 3.49. The van der Waals surface area contributed by atoms with Crippen molar-refractivity contribution in [1.29, 1.82) is 0 Å². The lowest BCUT2D eigenvalue weighted by Crippen LogP contribution is -2.42. The molecule has 1 aromatic rings. The monoisotopic (exact) mass is 283 g/mol. The predicted molar refractivity (Wildman–Crippen MR) is 78.2 cm³/mol. The fraction of sp³-hybridized carbons (Fsp3) is 0.538. The number of anilines is 2. The maximum absolute atomic E-state index is 12.5. The molecule has 0 aromatic heterocycles. The van der Waals surface area contributed by atoms with Crippen molar-refractivity contribution < 1.29 is 8.42 Å². The minimum Gasteiger partial charge on any atom is -0.399 e. The molecule has 0 unspecified atom stereocenters. The molecule has 1 heterocycles. The molecule has 106 valence electrons. The molecule has 6 heteroatoms. The highest BCUT2D eigenvalue weighted by molar-refractivity contribution is 7.90. The van der Waals surface area contributed by atoms with Crippen LogP contribution in [0.2, 0.25) is 0 Å². The van der Waals surface area contributed by atoms with Gasteiger partial charge in [-0.1, -0.05) is 12.8 Å². The standard InChI is InChI=1S/C13H21N3O2S/c1-15(13-8-6-12(14)7-9-13)19(17,18)16-10-4-2-3-5-11-16/h6-9H,2-5,10-11,14H2,1H3. The van der Waals surface area contributed by atoms with E-state index in [2.05, 4.69) is 0 Å². The highest BCUT2D eigenvalue weighted by atomic mass is 32.2. The molecule has 1 saturated heterocycles. The zero-order valence-electron chi connectivity index (χ0n) is 11.2. The second-order valence-corrected chi connectivity index (χ2v) is 6.84. The first-order chi connectivity index (χ1) is 9.01. The Bertz CT molecular complexity index is 505. The van der Waals surface area contributed by atoms with Crippen LogP contribution in [0.4, 0.5) is 11.4 Å². The molecule has 2 rings (SSSR count). The van der Waals surface area contributed by atoms with Gasteiger partial charge in [-0.25, -0.2) is 0 Å². The lowest BCUT2D eigenvalue weighted by molar-refractivity contribution is 0.422. The maximum atomic E-state index is 12.5. The molecule has 19 heavy (non-hydrogen) atoms. The highest BCUT2D eigenvalue weighted by Gasteiger charge is 2.27. The third kappa shape index (κ3) is 3.19. The van der Waals surface area contributed by atoms with Crippen molar-refractivity contribution in [3.8, 4) is 0 Å². The topological polar surface area (TPSA) is 66.6 Å². The quantitative estimate of drug-likeness (QED) is 0.861. The van der Waals surface area contributed by atoms with Crippen LogP contribution < -0.4 is 10.0 Å². The fourth-order valence-electron chi connectivity index (χ4n) is 2.26. The molecule has 0 bridgehead atoms. The van der Waals surface area contributed by atoms with Crippen LogP contribution in [-0.4, -0.2) is 32.9 Å². The largest absolute Gasteiger partial charge is 0.399 e. The number of nitrogen functional groups attached to an aromatic ring is 1. The van der Waals surface area contributed by atoms with E-state index in [1.807, 2.05) is 0 Å². The predicted octanol–water partition coefficient (Wildman–Crippen LogP) is 1.83. The molecule has 0 amide bonds. The minimum atomic E-state index is -3.43. The molecule has 0 aliphatic carbocycles. The van der Waals surface area contributed by atoms with Gasteiger partial charge in [0.25, 0.3) is 0 Å². The van der Waals surface area contributed by atoms with Gasteiger partial charge in [0.15, 0.2) is 0 Å². The minimum absolute atomic E-state index is 0.613. The third-order valence-corrected chi connectivity index (χ3v) is 5.41. The summed E-state index contributed by atoms with van der Waals surface area (Å²) in [6, 6.07) is 6.88. The summed E-state index contributed by atoms with van der Waals surface area (Å²) in [5.74, 6) is 0. The number of hydrogen-bond donors (Lipinski definition) is 1. The molecule has 1 aliphatic heterocycles. The Morgan fingerprint density at radius 1 is 1.05 bits per heavy atom. The van der Waals surface area contributed by atoms with Crippen molar-refractivity contribution in [2.24, 2.45) is 0 Å². The Morgan fingerprint density at radius 2 is 1.58 bits per heavy atom. The van der Waals surface area contributed by atoms with Crippen LogP contribution >= 0.6 is 0 Å². The Kier molecular flexibility index (Phi) is 4.31. The lowest BCUT2D eigenvalue weighted by Gasteiger charge is -2.27. The van der Waals surface area contributed by atoms with Gasteiger partial charge in [0.2, 0.25) is 0 Å². The number of rotatable bonds is 3. The van der Waals surface area contributed by atoms with Gasteiger partial charge in [0.05, 0.1) is 5.69 Å². The number of nitrogens with zero attached hydrogens (tertiary/aromatic N) is 2. The van der Waals surface area contributed by atoms with Crippen LogP contribution in [0.1, 0.15) is 25.7 Å². The van der Waals surface area contributed by atoms with Crippen LogP contribution in [0.15, 0.2) is 24.3 Å². The van der Waals surface area contributed by atoms with Gasteiger partial charge in [-0.2, -0.15) is 12.7 Å². The van der Waals surface area contributed by atoms with Crippen molar-refractivity contribution in [3.05, 3.63) is 24.3 Å². The summed E-state index contributed by atoms with van der Waals surface area (Å²) in [6.07, 6.45) is 4.10. The Balaban J connectivity index is 2.20. The average Bonchev–Trinajstić information content (AvgIpc) is 2.68. The zero-order valence-corrected chi connectivity index (χ0v) is 12.1. The Hall–Kier alpha value is -1.27. The van der Waals surface area contributed by atoms with Crippen LogP contribution in [-0.2, 0) is 10.2 Å². The van der Waals surface area contributed by atoms with E-state index in [1.54, 1.807) is 35.6 Å². The van der Waals surface area contributed by atoms with E-state index >= 15 is 0 Å².